The monoisotopic (exact) mass is 368 g/mol. The van der Waals surface area contributed by atoms with Crippen molar-refractivity contribution in [3.63, 3.8) is 0 Å². The van der Waals surface area contributed by atoms with E-state index in [1.807, 2.05) is 0 Å². The Morgan fingerprint density at radius 1 is 1.26 bits per heavy atom. The third-order valence-electron chi connectivity index (χ3n) is 3.48. The predicted molar refractivity (Wildman–Crippen MR) is 91.5 cm³/mol. The molecule has 8 heteroatoms. The van der Waals surface area contributed by atoms with Crippen molar-refractivity contribution in [1.29, 1.82) is 0 Å². The second-order valence-electron chi connectivity index (χ2n) is 4.97. The topological polar surface area (TPSA) is 64.2 Å². The number of nitrogens with one attached hydrogen (secondary N) is 1. The first kappa shape index (κ1) is 16.2. The van der Waals surface area contributed by atoms with Gasteiger partial charge in [-0.15, -0.1) is 0 Å². The maximum atomic E-state index is 12.4. The standard InChI is InChI=1S/C15H13ClN2O3S2/c1-18-13-7-6-11(8-14(13)21-15(18)22)23(19,20)17-9-10-4-2-3-5-12(10)16/h2-8,17H,9H2,1H3. The van der Waals surface area contributed by atoms with E-state index >= 15 is 0 Å². The zero-order valence-corrected chi connectivity index (χ0v) is 14.5. The molecule has 0 atom stereocenters. The lowest BCUT2D eigenvalue weighted by molar-refractivity contribution is 0.557. The van der Waals surface area contributed by atoms with E-state index in [2.05, 4.69) is 4.72 Å². The molecule has 3 rings (SSSR count). The molecule has 0 amide bonds. The zero-order chi connectivity index (χ0) is 16.6. The average Bonchev–Trinajstić information content (AvgIpc) is 2.81. The van der Waals surface area contributed by atoms with Crippen LogP contribution in [0.2, 0.25) is 5.02 Å². The van der Waals surface area contributed by atoms with E-state index in [1.54, 1.807) is 41.9 Å². The minimum atomic E-state index is -3.68. The van der Waals surface area contributed by atoms with Crippen LogP contribution < -0.4 is 4.72 Å². The van der Waals surface area contributed by atoms with Gasteiger partial charge in [0.05, 0.1) is 10.4 Å². The van der Waals surface area contributed by atoms with Crippen LogP contribution in [0.5, 0.6) is 0 Å². The summed E-state index contributed by atoms with van der Waals surface area (Å²) in [6.07, 6.45) is 0. The lowest BCUT2D eigenvalue weighted by atomic mass is 10.2. The van der Waals surface area contributed by atoms with Gasteiger partial charge in [-0.25, -0.2) is 13.1 Å². The van der Waals surface area contributed by atoms with Gasteiger partial charge in [0.1, 0.15) is 0 Å². The highest BCUT2D eigenvalue weighted by molar-refractivity contribution is 7.89. The van der Waals surface area contributed by atoms with Gasteiger partial charge in [0.2, 0.25) is 10.0 Å². The number of hydrogen-bond acceptors (Lipinski definition) is 4. The first-order valence-electron chi connectivity index (χ1n) is 6.71. The van der Waals surface area contributed by atoms with Crippen molar-refractivity contribution >= 4 is 44.9 Å². The van der Waals surface area contributed by atoms with E-state index in [0.29, 0.717) is 21.0 Å². The number of aryl methyl sites for hydroxylation is 1. The van der Waals surface area contributed by atoms with Gasteiger partial charge in [-0.05, 0) is 36.0 Å². The molecule has 1 N–H and O–H groups in total. The van der Waals surface area contributed by atoms with Gasteiger partial charge in [0.15, 0.2) is 5.58 Å². The molecule has 0 aliphatic heterocycles. The average molecular weight is 369 g/mol. The fraction of sp³-hybridized carbons (Fsp3) is 0.133. The molecule has 0 fully saturated rings. The summed E-state index contributed by atoms with van der Waals surface area (Å²) in [7, 11) is -1.92. The minimum Gasteiger partial charge on any atom is -0.429 e. The first-order valence-corrected chi connectivity index (χ1v) is 8.98. The van der Waals surface area contributed by atoms with Crippen molar-refractivity contribution in [1.82, 2.24) is 9.29 Å². The molecule has 5 nitrogen and oxygen atoms in total. The Morgan fingerprint density at radius 2 is 2.00 bits per heavy atom. The summed E-state index contributed by atoms with van der Waals surface area (Å²) in [5, 5.41) is 0.513. The molecule has 0 aliphatic rings. The van der Waals surface area contributed by atoms with Crippen molar-refractivity contribution in [3.8, 4) is 0 Å². The van der Waals surface area contributed by atoms with E-state index < -0.39 is 10.0 Å². The molecular weight excluding hydrogens is 356 g/mol. The lowest BCUT2D eigenvalue weighted by Gasteiger charge is -2.08. The molecule has 0 bridgehead atoms. The molecule has 23 heavy (non-hydrogen) atoms. The highest BCUT2D eigenvalue weighted by Crippen LogP contribution is 2.21. The number of rotatable bonds is 4. The van der Waals surface area contributed by atoms with Crippen molar-refractivity contribution in [3.05, 3.63) is 57.9 Å². The van der Waals surface area contributed by atoms with Crippen LogP contribution in [0.25, 0.3) is 11.1 Å². The van der Waals surface area contributed by atoms with E-state index in [9.17, 15) is 8.42 Å². The summed E-state index contributed by atoms with van der Waals surface area (Å²) < 4.78 is 34.4. The largest absolute Gasteiger partial charge is 0.429 e. The molecule has 0 radical (unpaired) electrons. The van der Waals surface area contributed by atoms with Gasteiger partial charge >= 0.3 is 0 Å². The van der Waals surface area contributed by atoms with Crippen LogP contribution in [0.1, 0.15) is 5.56 Å². The Morgan fingerprint density at radius 3 is 2.74 bits per heavy atom. The van der Waals surface area contributed by atoms with Gasteiger partial charge in [-0.1, -0.05) is 29.8 Å². The van der Waals surface area contributed by atoms with Crippen molar-refractivity contribution in [2.45, 2.75) is 11.4 Å². The third-order valence-corrected chi connectivity index (χ3v) is 5.61. The summed E-state index contributed by atoms with van der Waals surface area (Å²) in [5.74, 6) is 0. The molecule has 1 heterocycles. The van der Waals surface area contributed by atoms with Crippen LogP contribution in [-0.2, 0) is 23.6 Å². The van der Waals surface area contributed by atoms with Crippen molar-refractivity contribution < 1.29 is 12.8 Å². The number of aromatic nitrogens is 1. The molecule has 0 saturated heterocycles. The van der Waals surface area contributed by atoms with E-state index in [4.69, 9.17) is 28.2 Å². The minimum absolute atomic E-state index is 0.109. The summed E-state index contributed by atoms with van der Waals surface area (Å²) in [5.41, 5.74) is 1.87. The van der Waals surface area contributed by atoms with Crippen LogP contribution in [0.15, 0.2) is 51.8 Å². The van der Waals surface area contributed by atoms with Crippen LogP contribution in [0.4, 0.5) is 0 Å². The number of hydrogen-bond donors (Lipinski definition) is 1. The Hall–Kier alpha value is -1.67. The van der Waals surface area contributed by atoms with E-state index in [1.165, 1.54) is 12.1 Å². The highest BCUT2D eigenvalue weighted by atomic mass is 35.5. The van der Waals surface area contributed by atoms with Gasteiger partial charge in [-0.2, -0.15) is 0 Å². The summed E-state index contributed by atoms with van der Waals surface area (Å²) in [6.45, 7) is 0.109. The van der Waals surface area contributed by atoms with Gasteiger partial charge in [-0.3, -0.25) is 0 Å². The second-order valence-corrected chi connectivity index (χ2v) is 7.50. The number of oxazole rings is 1. The third kappa shape index (κ3) is 3.18. The molecule has 1 aromatic heterocycles. The number of halogens is 1. The maximum absolute atomic E-state index is 12.4. The molecule has 0 aliphatic carbocycles. The zero-order valence-electron chi connectivity index (χ0n) is 12.1. The quantitative estimate of drug-likeness (QED) is 0.714. The van der Waals surface area contributed by atoms with Crippen molar-refractivity contribution in [2.24, 2.45) is 7.05 Å². The Kier molecular flexibility index (Phi) is 4.29. The van der Waals surface area contributed by atoms with E-state index in [0.717, 1.165) is 5.52 Å². The Bertz CT molecular complexity index is 1040. The van der Waals surface area contributed by atoms with E-state index in [-0.39, 0.29) is 11.4 Å². The highest BCUT2D eigenvalue weighted by Gasteiger charge is 2.16. The SMILES string of the molecule is Cn1c(=S)oc2cc(S(=O)(=O)NCc3ccccc3Cl)ccc21. The molecule has 2 aromatic carbocycles. The van der Waals surface area contributed by atoms with Crippen LogP contribution >= 0.6 is 23.8 Å². The van der Waals surface area contributed by atoms with Gasteiger partial charge in [0, 0.05) is 24.7 Å². The smallest absolute Gasteiger partial charge is 0.269 e. The predicted octanol–water partition coefficient (Wildman–Crippen LogP) is 3.63. The summed E-state index contributed by atoms with van der Waals surface area (Å²) >= 11 is 11.1. The fourth-order valence-corrected chi connectivity index (χ4v) is 3.59. The van der Waals surface area contributed by atoms with Gasteiger partial charge in [0.25, 0.3) is 4.84 Å². The molecule has 0 saturated carbocycles. The Labute approximate surface area is 143 Å². The molecule has 0 spiro atoms. The van der Waals surface area contributed by atoms with Crippen LogP contribution in [0.3, 0.4) is 0 Å². The Balaban J connectivity index is 1.90. The van der Waals surface area contributed by atoms with Crippen LogP contribution in [-0.4, -0.2) is 13.0 Å². The number of benzene rings is 2. The normalized spacial score (nSPS) is 11.9. The number of sulfonamides is 1. The van der Waals surface area contributed by atoms with Crippen molar-refractivity contribution in [2.75, 3.05) is 0 Å². The lowest BCUT2D eigenvalue weighted by Crippen LogP contribution is -2.23. The van der Waals surface area contributed by atoms with Gasteiger partial charge < -0.3 is 8.98 Å². The molecule has 0 unspecified atom stereocenters. The molecule has 3 aromatic rings. The fourth-order valence-electron chi connectivity index (χ4n) is 2.18. The number of fused-ring (bicyclic) bond motifs is 1. The molecule has 120 valence electrons. The second kappa shape index (κ2) is 6.09. The van der Waals surface area contributed by atoms with Crippen LogP contribution in [0, 0.1) is 4.84 Å². The maximum Gasteiger partial charge on any atom is 0.269 e. The first-order chi connectivity index (χ1) is 10.9. The summed E-state index contributed by atoms with van der Waals surface area (Å²) in [4.78, 5) is 0.403. The summed E-state index contributed by atoms with van der Waals surface area (Å²) in [6, 6.07) is 11.7. The molecular formula is C15H13ClN2O3S2. The number of nitrogens with zero attached hydrogens (tertiary/aromatic N) is 1.